The second kappa shape index (κ2) is 6.16. The van der Waals surface area contributed by atoms with Gasteiger partial charge in [0.1, 0.15) is 0 Å². The minimum atomic E-state index is -3.43. The molecule has 1 rings (SSSR count). The summed E-state index contributed by atoms with van der Waals surface area (Å²) in [6.45, 7) is 5.81. The molecule has 5 nitrogen and oxygen atoms in total. The first kappa shape index (κ1) is 15.7. The van der Waals surface area contributed by atoms with Crippen molar-refractivity contribution in [3.8, 4) is 0 Å². The third-order valence-corrected chi connectivity index (χ3v) is 4.86. The van der Waals surface area contributed by atoms with E-state index in [9.17, 15) is 13.2 Å². The van der Waals surface area contributed by atoms with Crippen molar-refractivity contribution in [1.29, 1.82) is 0 Å². The number of carboxylic acids is 1. The van der Waals surface area contributed by atoms with Gasteiger partial charge in [0.15, 0.2) is 0 Å². The molecule has 0 radical (unpaired) electrons. The summed E-state index contributed by atoms with van der Waals surface area (Å²) in [4.78, 5) is 10.9. The molecule has 0 unspecified atom stereocenters. The van der Waals surface area contributed by atoms with Crippen LogP contribution in [-0.2, 0) is 15.8 Å². The highest BCUT2D eigenvalue weighted by molar-refractivity contribution is 7.88. The van der Waals surface area contributed by atoms with Crippen molar-refractivity contribution in [2.75, 3.05) is 6.54 Å². The molecule has 1 aromatic rings. The molecule has 0 aliphatic heterocycles. The van der Waals surface area contributed by atoms with Gasteiger partial charge in [0, 0.05) is 12.6 Å². The van der Waals surface area contributed by atoms with Crippen LogP contribution >= 0.6 is 0 Å². The van der Waals surface area contributed by atoms with Gasteiger partial charge in [-0.1, -0.05) is 19.1 Å². The van der Waals surface area contributed by atoms with Crippen LogP contribution in [-0.4, -0.2) is 36.4 Å². The SMILES string of the molecule is CCN(C(C)C)S(=O)(=O)Cc1cccc(C(=O)O)c1. The summed E-state index contributed by atoms with van der Waals surface area (Å²) in [5, 5.41) is 8.89. The number of sulfonamides is 1. The van der Waals surface area contributed by atoms with Crippen molar-refractivity contribution >= 4 is 16.0 Å². The maximum atomic E-state index is 12.2. The molecule has 1 N–H and O–H groups in total. The summed E-state index contributed by atoms with van der Waals surface area (Å²) in [6, 6.07) is 5.91. The van der Waals surface area contributed by atoms with Crippen LogP contribution in [0.1, 0.15) is 36.7 Å². The van der Waals surface area contributed by atoms with Gasteiger partial charge < -0.3 is 5.11 Å². The molecule has 0 aromatic heterocycles. The third kappa shape index (κ3) is 4.04. The van der Waals surface area contributed by atoms with Crippen molar-refractivity contribution in [3.05, 3.63) is 35.4 Å². The zero-order chi connectivity index (χ0) is 14.6. The van der Waals surface area contributed by atoms with E-state index in [-0.39, 0.29) is 17.4 Å². The Morgan fingerprint density at radius 2 is 2.00 bits per heavy atom. The molecule has 0 heterocycles. The van der Waals surface area contributed by atoms with Crippen LogP contribution in [0.25, 0.3) is 0 Å². The van der Waals surface area contributed by atoms with E-state index >= 15 is 0 Å². The van der Waals surface area contributed by atoms with Gasteiger partial charge in [0.05, 0.1) is 11.3 Å². The fraction of sp³-hybridized carbons (Fsp3) is 0.462. The first-order chi connectivity index (χ1) is 8.77. The Morgan fingerprint density at radius 1 is 1.37 bits per heavy atom. The molecule has 0 aliphatic rings. The second-order valence-corrected chi connectivity index (χ2v) is 6.48. The van der Waals surface area contributed by atoms with Crippen LogP contribution in [0, 0.1) is 0 Å². The Labute approximate surface area is 113 Å². The number of benzene rings is 1. The van der Waals surface area contributed by atoms with E-state index in [4.69, 9.17) is 5.11 Å². The van der Waals surface area contributed by atoms with Gasteiger partial charge >= 0.3 is 5.97 Å². The van der Waals surface area contributed by atoms with Gasteiger partial charge in [-0.2, -0.15) is 4.31 Å². The van der Waals surface area contributed by atoms with Gasteiger partial charge in [0.2, 0.25) is 10.0 Å². The Balaban J connectivity index is 3.01. The average molecular weight is 285 g/mol. The molecule has 0 saturated heterocycles. The minimum Gasteiger partial charge on any atom is -0.478 e. The lowest BCUT2D eigenvalue weighted by atomic mass is 10.1. The number of aromatic carboxylic acids is 1. The molecule has 6 heteroatoms. The standard InChI is InChI=1S/C13H19NO4S/c1-4-14(10(2)3)19(17,18)9-11-6-5-7-12(8-11)13(15)16/h5-8,10H,4,9H2,1-3H3,(H,15,16). The summed E-state index contributed by atoms with van der Waals surface area (Å²) >= 11 is 0. The molecular weight excluding hydrogens is 266 g/mol. The highest BCUT2D eigenvalue weighted by Crippen LogP contribution is 2.15. The quantitative estimate of drug-likeness (QED) is 0.866. The Hall–Kier alpha value is -1.40. The van der Waals surface area contributed by atoms with Crippen LogP contribution in [0.2, 0.25) is 0 Å². The van der Waals surface area contributed by atoms with Gasteiger partial charge in [-0.3, -0.25) is 0 Å². The molecule has 0 aliphatic carbocycles. The molecule has 0 fully saturated rings. The molecule has 1 aromatic carbocycles. The molecule has 19 heavy (non-hydrogen) atoms. The number of carboxylic acid groups (broad SMARTS) is 1. The van der Waals surface area contributed by atoms with Gasteiger partial charge in [-0.15, -0.1) is 0 Å². The molecule has 0 bridgehead atoms. The molecule has 0 atom stereocenters. The molecular formula is C13H19NO4S. The fourth-order valence-electron chi connectivity index (χ4n) is 1.97. The van der Waals surface area contributed by atoms with Gasteiger partial charge in [0.25, 0.3) is 0 Å². The predicted octanol–water partition coefficient (Wildman–Crippen LogP) is 1.94. The lowest BCUT2D eigenvalue weighted by Crippen LogP contribution is -2.37. The van der Waals surface area contributed by atoms with Crippen molar-refractivity contribution < 1.29 is 18.3 Å². The lowest BCUT2D eigenvalue weighted by Gasteiger charge is -2.24. The normalized spacial score (nSPS) is 12.1. The van der Waals surface area contributed by atoms with E-state index < -0.39 is 16.0 Å². The maximum Gasteiger partial charge on any atom is 0.335 e. The summed E-state index contributed by atoms with van der Waals surface area (Å²) in [7, 11) is -3.43. The smallest absolute Gasteiger partial charge is 0.335 e. The van der Waals surface area contributed by atoms with E-state index in [1.54, 1.807) is 19.1 Å². The van der Waals surface area contributed by atoms with Crippen LogP contribution in [0.3, 0.4) is 0 Å². The van der Waals surface area contributed by atoms with E-state index in [2.05, 4.69) is 0 Å². The molecule has 106 valence electrons. The number of hydrogen-bond donors (Lipinski definition) is 1. The second-order valence-electron chi connectivity index (χ2n) is 4.56. The van der Waals surface area contributed by atoms with Crippen molar-refractivity contribution in [3.63, 3.8) is 0 Å². The van der Waals surface area contributed by atoms with E-state index in [0.717, 1.165) is 0 Å². The Bertz CT molecular complexity index is 552. The van der Waals surface area contributed by atoms with E-state index in [0.29, 0.717) is 12.1 Å². The topological polar surface area (TPSA) is 74.7 Å². The number of carbonyl (C=O) groups is 1. The molecule has 0 amide bonds. The average Bonchev–Trinajstić information content (AvgIpc) is 2.28. The zero-order valence-corrected chi connectivity index (χ0v) is 12.1. The molecule has 0 saturated carbocycles. The van der Waals surface area contributed by atoms with Crippen molar-refractivity contribution in [2.45, 2.75) is 32.6 Å². The first-order valence-corrected chi connectivity index (χ1v) is 7.70. The third-order valence-electron chi connectivity index (χ3n) is 2.77. The largest absolute Gasteiger partial charge is 0.478 e. The van der Waals surface area contributed by atoms with Crippen LogP contribution in [0.15, 0.2) is 24.3 Å². The minimum absolute atomic E-state index is 0.0975. The van der Waals surface area contributed by atoms with Crippen LogP contribution < -0.4 is 0 Å². The number of hydrogen-bond acceptors (Lipinski definition) is 3. The number of rotatable bonds is 6. The van der Waals surface area contributed by atoms with Crippen molar-refractivity contribution in [1.82, 2.24) is 4.31 Å². The fourth-order valence-corrected chi connectivity index (χ4v) is 3.77. The monoisotopic (exact) mass is 285 g/mol. The maximum absolute atomic E-state index is 12.2. The number of nitrogens with zero attached hydrogens (tertiary/aromatic N) is 1. The summed E-state index contributed by atoms with van der Waals surface area (Å²) in [5.41, 5.74) is 0.583. The van der Waals surface area contributed by atoms with Gasteiger partial charge in [-0.05, 0) is 31.5 Å². The lowest BCUT2D eigenvalue weighted by molar-refractivity contribution is 0.0696. The van der Waals surface area contributed by atoms with Gasteiger partial charge in [-0.25, -0.2) is 13.2 Å². The first-order valence-electron chi connectivity index (χ1n) is 6.09. The predicted molar refractivity (Wildman–Crippen MR) is 73.5 cm³/mol. The van der Waals surface area contributed by atoms with E-state index in [1.807, 2.05) is 13.8 Å². The summed E-state index contributed by atoms with van der Waals surface area (Å²) in [5.74, 6) is -1.24. The molecule has 0 spiro atoms. The highest BCUT2D eigenvalue weighted by atomic mass is 32.2. The van der Waals surface area contributed by atoms with Crippen LogP contribution in [0.4, 0.5) is 0 Å². The highest BCUT2D eigenvalue weighted by Gasteiger charge is 2.23. The summed E-state index contributed by atoms with van der Waals surface area (Å²) in [6.07, 6.45) is 0. The van der Waals surface area contributed by atoms with Crippen molar-refractivity contribution in [2.24, 2.45) is 0 Å². The van der Waals surface area contributed by atoms with E-state index in [1.165, 1.54) is 16.4 Å². The van der Waals surface area contributed by atoms with Crippen LogP contribution in [0.5, 0.6) is 0 Å². The Morgan fingerprint density at radius 3 is 2.47 bits per heavy atom. The zero-order valence-electron chi connectivity index (χ0n) is 11.3. The summed E-state index contributed by atoms with van der Waals surface area (Å²) < 4.78 is 25.9. The Kier molecular flexibility index (Phi) is 5.08.